The second kappa shape index (κ2) is 7.77. The molecule has 0 aliphatic carbocycles. The van der Waals surface area contributed by atoms with Gasteiger partial charge in [0.05, 0.1) is 12.3 Å². The Morgan fingerprint density at radius 1 is 1.32 bits per heavy atom. The molecule has 22 heavy (non-hydrogen) atoms. The van der Waals surface area contributed by atoms with Gasteiger partial charge in [-0.2, -0.15) is 0 Å². The van der Waals surface area contributed by atoms with Crippen molar-refractivity contribution in [2.75, 3.05) is 19.0 Å². The second-order valence-electron chi connectivity index (χ2n) is 4.71. The summed E-state index contributed by atoms with van der Waals surface area (Å²) in [7, 11) is 1.61. The Kier molecular flexibility index (Phi) is 5.75. The van der Waals surface area contributed by atoms with Crippen LogP contribution in [0.2, 0.25) is 5.02 Å². The zero-order valence-corrected chi connectivity index (χ0v) is 13.1. The van der Waals surface area contributed by atoms with Crippen LogP contribution in [0.15, 0.2) is 42.7 Å². The van der Waals surface area contributed by atoms with Crippen molar-refractivity contribution in [3.05, 3.63) is 53.3 Å². The molecule has 1 atom stereocenters. The number of benzene rings is 1. The zero-order valence-electron chi connectivity index (χ0n) is 12.4. The van der Waals surface area contributed by atoms with Crippen molar-refractivity contribution < 1.29 is 14.3 Å². The van der Waals surface area contributed by atoms with E-state index in [1.54, 1.807) is 49.8 Å². The van der Waals surface area contributed by atoms with Crippen LogP contribution in [-0.4, -0.2) is 30.7 Å². The molecule has 1 N–H and O–H groups in total. The Labute approximate surface area is 134 Å². The van der Waals surface area contributed by atoms with E-state index in [9.17, 15) is 4.79 Å². The van der Waals surface area contributed by atoms with E-state index in [2.05, 4.69) is 10.3 Å². The highest BCUT2D eigenvalue weighted by atomic mass is 35.5. The number of amides is 1. The fourth-order valence-corrected chi connectivity index (χ4v) is 2.06. The Morgan fingerprint density at radius 3 is 2.73 bits per heavy atom. The molecular formula is C16H17ClN2O3. The number of carbonyl (C=O) groups excluding carboxylic acids is 1. The highest BCUT2D eigenvalue weighted by Crippen LogP contribution is 2.29. The van der Waals surface area contributed by atoms with E-state index in [4.69, 9.17) is 21.1 Å². The van der Waals surface area contributed by atoms with Gasteiger partial charge in [-0.05, 0) is 37.3 Å². The van der Waals surface area contributed by atoms with Crippen LogP contribution in [0, 0.1) is 0 Å². The third kappa shape index (κ3) is 4.44. The molecule has 0 spiro atoms. The summed E-state index contributed by atoms with van der Waals surface area (Å²) in [4.78, 5) is 16.1. The molecule has 1 heterocycles. The molecule has 0 saturated heterocycles. The normalized spacial score (nSPS) is 11.8. The van der Waals surface area contributed by atoms with Crippen molar-refractivity contribution in [1.29, 1.82) is 0 Å². The highest BCUT2D eigenvalue weighted by molar-refractivity contribution is 6.31. The lowest BCUT2D eigenvalue weighted by atomic mass is 10.2. The van der Waals surface area contributed by atoms with Crippen LogP contribution >= 0.6 is 11.6 Å². The first kappa shape index (κ1) is 16.3. The molecule has 1 aromatic carbocycles. The van der Waals surface area contributed by atoms with E-state index in [1.807, 2.05) is 6.92 Å². The van der Waals surface area contributed by atoms with Crippen LogP contribution in [0.4, 0.5) is 5.69 Å². The van der Waals surface area contributed by atoms with E-state index in [-0.39, 0.29) is 12.0 Å². The number of methoxy groups -OCH3 is 1. The minimum Gasteiger partial charge on any atom is -0.486 e. The summed E-state index contributed by atoms with van der Waals surface area (Å²) < 4.78 is 10.8. The third-order valence-corrected chi connectivity index (χ3v) is 3.10. The Bertz CT molecular complexity index is 635. The van der Waals surface area contributed by atoms with Crippen LogP contribution in [0.1, 0.15) is 17.3 Å². The van der Waals surface area contributed by atoms with Crippen molar-refractivity contribution in [2.24, 2.45) is 0 Å². The highest BCUT2D eigenvalue weighted by Gasteiger charge is 2.13. The smallest absolute Gasteiger partial charge is 0.255 e. The van der Waals surface area contributed by atoms with E-state index in [0.717, 1.165) is 0 Å². The number of nitrogens with one attached hydrogen (secondary N) is 1. The molecule has 0 bridgehead atoms. The minimum absolute atomic E-state index is 0.150. The Hall–Kier alpha value is -2.11. The number of nitrogens with zero attached hydrogens (tertiary/aromatic N) is 1. The molecule has 0 aliphatic rings. The predicted molar refractivity (Wildman–Crippen MR) is 85.6 cm³/mol. The number of hydrogen-bond acceptors (Lipinski definition) is 4. The van der Waals surface area contributed by atoms with Crippen LogP contribution in [0.5, 0.6) is 5.75 Å². The molecule has 6 heteroatoms. The van der Waals surface area contributed by atoms with Gasteiger partial charge >= 0.3 is 0 Å². The first-order chi connectivity index (χ1) is 10.6. The van der Waals surface area contributed by atoms with E-state index >= 15 is 0 Å². The summed E-state index contributed by atoms with van der Waals surface area (Å²) >= 11 is 6.00. The van der Waals surface area contributed by atoms with Gasteiger partial charge < -0.3 is 14.8 Å². The fourth-order valence-electron chi connectivity index (χ4n) is 1.89. The number of hydrogen-bond donors (Lipinski definition) is 1. The molecule has 2 rings (SSSR count). The molecule has 0 fully saturated rings. The third-order valence-electron chi connectivity index (χ3n) is 2.86. The van der Waals surface area contributed by atoms with Crippen molar-refractivity contribution in [3.63, 3.8) is 0 Å². The van der Waals surface area contributed by atoms with Gasteiger partial charge in [0.1, 0.15) is 11.9 Å². The van der Waals surface area contributed by atoms with Crippen LogP contribution < -0.4 is 10.1 Å². The molecular weight excluding hydrogens is 304 g/mol. The number of rotatable bonds is 6. The first-order valence-electron chi connectivity index (χ1n) is 6.76. The molecule has 0 aliphatic heterocycles. The number of carbonyl (C=O) groups is 1. The lowest BCUT2D eigenvalue weighted by molar-refractivity contribution is 0.0921. The summed E-state index contributed by atoms with van der Waals surface area (Å²) in [5.41, 5.74) is 1.02. The lowest BCUT2D eigenvalue weighted by Crippen LogP contribution is -2.19. The molecule has 1 aromatic heterocycles. The largest absolute Gasteiger partial charge is 0.486 e. The molecule has 0 saturated carbocycles. The van der Waals surface area contributed by atoms with Gasteiger partial charge in [0, 0.05) is 30.1 Å². The van der Waals surface area contributed by atoms with Gasteiger partial charge in [-0.15, -0.1) is 0 Å². The van der Waals surface area contributed by atoms with Crippen molar-refractivity contribution >= 4 is 23.2 Å². The summed E-state index contributed by atoms with van der Waals surface area (Å²) in [5, 5.41) is 3.31. The van der Waals surface area contributed by atoms with Gasteiger partial charge in [0.25, 0.3) is 5.91 Å². The lowest BCUT2D eigenvalue weighted by Gasteiger charge is -2.17. The van der Waals surface area contributed by atoms with E-state index < -0.39 is 0 Å². The maximum atomic E-state index is 12.2. The topological polar surface area (TPSA) is 60.5 Å². The van der Waals surface area contributed by atoms with Gasteiger partial charge in [0.2, 0.25) is 0 Å². The summed E-state index contributed by atoms with van der Waals surface area (Å²) in [6.45, 7) is 2.33. The van der Waals surface area contributed by atoms with Crippen LogP contribution in [0.25, 0.3) is 0 Å². The average molecular weight is 321 g/mol. The summed E-state index contributed by atoms with van der Waals surface area (Å²) in [6, 6.07) is 8.34. The zero-order chi connectivity index (χ0) is 15.9. The number of halogens is 1. The molecule has 1 amide bonds. The van der Waals surface area contributed by atoms with Crippen LogP contribution in [0.3, 0.4) is 0 Å². The standard InChI is InChI=1S/C16H17ClN2O3/c1-11(10-21-2)22-15-4-3-13(17)9-14(15)19-16(20)12-5-7-18-8-6-12/h3-9,11H,10H2,1-2H3,(H,19,20). The van der Waals surface area contributed by atoms with Gasteiger partial charge in [0.15, 0.2) is 0 Å². The maximum absolute atomic E-state index is 12.2. The number of aromatic nitrogens is 1. The molecule has 5 nitrogen and oxygen atoms in total. The Balaban J connectivity index is 2.18. The SMILES string of the molecule is COCC(C)Oc1ccc(Cl)cc1NC(=O)c1ccncc1. The summed E-state index contributed by atoms with van der Waals surface area (Å²) in [6.07, 6.45) is 2.97. The van der Waals surface area contributed by atoms with Crippen molar-refractivity contribution in [2.45, 2.75) is 13.0 Å². The van der Waals surface area contributed by atoms with Gasteiger partial charge in [-0.1, -0.05) is 11.6 Å². The summed E-state index contributed by atoms with van der Waals surface area (Å²) in [5.74, 6) is 0.283. The first-order valence-corrected chi connectivity index (χ1v) is 7.14. The molecule has 0 radical (unpaired) electrons. The number of anilines is 1. The van der Waals surface area contributed by atoms with Gasteiger partial charge in [-0.25, -0.2) is 0 Å². The van der Waals surface area contributed by atoms with E-state index in [1.165, 1.54) is 0 Å². The van der Waals surface area contributed by atoms with Crippen LogP contribution in [-0.2, 0) is 4.74 Å². The molecule has 2 aromatic rings. The Morgan fingerprint density at radius 2 is 2.05 bits per heavy atom. The van der Waals surface area contributed by atoms with Crippen molar-refractivity contribution in [1.82, 2.24) is 4.98 Å². The minimum atomic E-state index is -0.256. The monoisotopic (exact) mass is 320 g/mol. The fraction of sp³-hybridized carbons (Fsp3) is 0.250. The van der Waals surface area contributed by atoms with Gasteiger partial charge in [-0.3, -0.25) is 9.78 Å². The van der Waals surface area contributed by atoms with E-state index in [0.29, 0.717) is 28.6 Å². The molecule has 116 valence electrons. The second-order valence-corrected chi connectivity index (χ2v) is 5.15. The predicted octanol–water partition coefficient (Wildman–Crippen LogP) is 3.40. The maximum Gasteiger partial charge on any atom is 0.255 e. The van der Waals surface area contributed by atoms with Crippen molar-refractivity contribution in [3.8, 4) is 5.75 Å². The number of ether oxygens (including phenoxy) is 2. The quantitative estimate of drug-likeness (QED) is 0.886. The number of pyridine rings is 1. The average Bonchev–Trinajstić information content (AvgIpc) is 2.51. The molecule has 1 unspecified atom stereocenters.